The number of aromatic nitrogens is 3. The van der Waals surface area contributed by atoms with Gasteiger partial charge in [-0.25, -0.2) is 19.1 Å². The van der Waals surface area contributed by atoms with Crippen molar-refractivity contribution in [1.82, 2.24) is 14.0 Å². The Labute approximate surface area is 239 Å². The van der Waals surface area contributed by atoms with Gasteiger partial charge in [0.1, 0.15) is 27.3 Å². The third-order valence-corrected chi connectivity index (χ3v) is 9.05. The average molecular weight is 584 g/mol. The Morgan fingerprint density at radius 1 is 1.22 bits per heavy atom. The molecule has 12 heteroatoms. The first-order valence-corrected chi connectivity index (χ1v) is 14.3. The number of aliphatic hydroxyl groups is 1. The van der Waals surface area contributed by atoms with Crippen molar-refractivity contribution in [2.75, 3.05) is 7.11 Å². The van der Waals surface area contributed by atoms with Crippen molar-refractivity contribution in [1.29, 1.82) is 0 Å². The number of carboxylic acids is 1. The zero-order chi connectivity index (χ0) is 29.5. The molecule has 0 amide bonds. The number of hydrogen-bond acceptors (Lipinski definition) is 9. The fraction of sp³-hybridized carbons (Fsp3) is 0.448. The van der Waals surface area contributed by atoms with Crippen LogP contribution in [-0.2, 0) is 21.5 Å². The first-order chi connectivity index (χ1) is 19.5. The number of aliphatic carboxylic acids is 1. The topological polar surface area (TPSA) is 146 Å². The third-order valence-electron chi connectivity index (χ3n) is 7.75. The lowest BCUT2D eigenvalue weighted by Gasteiger charge is -2.31. The van der Waals surface area contributed by atoms with Crippen LogP contribution in [0.25, 0.3) is 15.6 Å². The number of aliphatic hydroxyl groups excluding tert-OH is 1. The zero-order valence-corrected chi connectivity index (χ0v) is 24.1. The van der Waals surface area contributed by atoms with Crippen LogP contribution in [0.4, 0.5) is 0 Å². The molecule has 1 saturated carbocycles. The third kappa shape index (κ3) is 5.22. The largest absolute Gasteiger partial charge is 0.496 e. The standard InChI is InChI=1S/C29H33N3O8S/c1-16-23(24-30-13-14-39-24)41-26-20(25(34)32(28(37)31(16)26)29(2,3)27(35)36)15-22(19-7-5-6-8-21(19)38-4)40-18-11-9-17(33)10-12-18/h5-8,13-14,17-18,22,33H,9-12,15H2,1-4H3,(H,35,36)/t17-,18+,22-/m0/s1. The first kappa shape index (κ1) is 28.8. The molecule has 1 aromatic carbocycles. The molecule has 2 N–H and O–H groups in total. The molecule has 11 nitrogen and oxygen atoms in total. The van der Waals surface area contributed by atoms with E-state index in [1.807, 2.05) is 24.3 Å². The molecule has 3 aromatic heterocycles. The molecule has 3 heterocycles. The fourth-order valence-electron chi connectivity index (χ4n) is 5.37. The predicted octanol–water partition coefficient (Wildman–Crippen LogP) is 3.92. The molecule has 41 heavy (non-hydrogen) atoms. The van der Waals surface area contributed by atoms with E-state index >= 15 is 0 Å². The number of benzene rings is 1. The van der Waals surface area contributed by atoms with E-state index in [1.54, 1.807) is 14.0 Å². The smallest absolute Gasteiger partial charge is 0.337 e. The van der Waals surface area contributed by atoms with Crippen molar-refractivity contribution in [3.05, 3.63) is 74.4 Å². The maximum absolute atomic E-state index is 14.2. The number of carbonyl (C=O) groups is 1. The van der Waals surface area contributed by atoms with Crippen LogP contribution in [0.15, 0.2) is 50.7 Å². The Morgan fingerprint density at radius 3 is 2.56 bits per heavy atom. The van der Waals surface area contributed by atoms with Gasteiger partial charge in [-0.2, -0.15) is 0 Å². The Bertz CT molecular complexity index is 1680. The highest BCUT2D eigenvalue weighted by Gasteiger charge is 2.37. The van der Waals surface area contributed by atoms with Gasteiger partial charge < -0.3 is 24.1 Å². The lowest BCUT2D eigenvalue weighted by atomic mass is 9.94. The van der Waals surface area contributed by atoms with Crippen LogP contribution in [0, 0.1) is 6.92 Å². The molecule has 1 aliphatic rings. The SMILES string of the molecule is COc1ccccc1[C@H](Cc1c(=O)n(C(C)(C)C(=O)O)c(=O)n2c(C)c(-c3ncco3)sc12)O[C@H]1CC[C@@H](O)CC1. The molecular weight excluding hydrogens is 550 g/mol. The molecule has 0 radical (unpaired) electrons. The van der Waals surface area contributed by atoms with Gasteiger partial charge in [0.05, 0.1) is 37.2 Å². The number of nitrogens with zero attached hydrogens (tertiary/aromatic N) is 3. The summed E-state index contributed by atoms with van der Waals surface area (Å²) in [5.74, 6) is -0.454. The predicted molar refractivity (Wildman–Crippen MR) is 152 cm³/mol. The lowest BCUT2D eigenvalue weighted by molar-refractivity contribution is -0.146. The van der Waals surface area contributed by atoms with Crippen LogP contribution in [0.1, 0.15) is 62.5 Å². The normalized spacial score (nSPS) is 18.5. The van der Waals surface area contributed by atoms with E-state index in [-0.39, 0.29) is 30.1 Å². The highest BCUT2D eigenvalue weighted by Crippen LogP contribution is 2.37. The van der Waals surface area contributed by atoms with Crippen LogP contribution in [0.3, 0.4) is 0 Å². The van der Waals surface area contributed by atoms with E-state index in [4.69, 9.17) is 13.9 Å². The summed E-state index contributed by atoms with van der Waals surface area (Å²) in [5.41, 5.74) is -1.87. The van der Waals surface area contributed by atoms with Crippen molar-refractivity contribution in [3.8, 4) is 16.5 Å². The van der Waals surface area contributed by atoms with Gasteiger partial charge in [-0.1, -0.05) is 18.2 Å². The van der Waals surface area contributed by atoms with E-state index < -0.39 is 28.9 Å². The quantitative estimate of drug-likeness (QED) is 0.299. The second kappa shape index (κ2) is 11.3. The van der Waals surface area contributed by atoms with Crippen LogP contribution in [0.2, 0.25) is 0 Å². The molecule has 0 bridgehead atoms. The van der Waals surface area contributed by atoms with Gasteiger partial charge in [0.15, 0.2) is 0 Å². The van der Waals surface area contributed by atoms with Gasteiger partial charge in [-0.15, -0.1) is 11.3 Å². The number of oxazole rings is 1. The number of para-hydroxylation sites is 1. The number of methoxy groups -OCH3 is 1. The maximum Gasteiger partial charge on any atom is 0.337 e. The molecule has 1 atom stereocenters. The number of thiazole rings is 1. The summed E-state index contributed by atoms with van der Waals surface area (Å²) < 4.78 is 19.9. The Kier molecular flexibility index (Phi) is 7.91. The molecule has 5 rings (SSSR count). The van der Waals surface area contributed by atoms with Gasteiger partial charge in [0.25, 0.3) is 5.56 Å². The Hall–Kier alpha value is -3.74. The van der Waals surface area contributed by atoms with Crippen LogP contribution < -0.4 is 16.0 Å². The second-order valence-electron chi connectivity index (χ2n) is 10.8. The van der Waals surface area contributed by atoms with E-state index in [9.17, 15) is 24.6 Å². The molecule has 1 fully saturated rings. The van der Waals surface area contributed by atoms with Gasteiger partial charge in [0.2, 0.25) is 5.89 Å². The molecule has 218 valence electrons. The summed E-state index contributed by atoms with van der Waals surface area (Å²) in [6.07, 6.45) is 4.28. The summed E-state index contributed by atoms with van der Waals surface area (Å²) in [5, 5.41) is 20.0. The highest BCUT2D eigenvalue weighted by atomic mass is 32.1. The number of carboxylic acid groups (broad SMARTS) is 1. The summed E-state index contributed by atoms with van der Waals surface area (Å²) >= 11 is 1.18. The monoisotopic (exact) mass is 583 g/mol. The fourth-order valence-corrected chi connectivity index (χ4v) is 6.59. The van der Waals surface area contributed by atoms with Crippen LogP contribution >= 0.6 is 11.3 Å². The van der Waals surface area contributed by atoms with Crippen molar-refractivity contribution in [2.45, 2.75) is 76.7 Å². The number of fused-ring (bicyclic) bond motifs is 1. The molecule has 0 spiro atoms. The van der Waals surface area contributed by atoms with Gasteiger partial charge >= 0.3 is 11.7 Å². The minimum absolute atomic E-state index is 0.0444. The van der Waals surface area contributed by atoms with E-state index in [0.717, 1.165) is 10.1 Å². The Morgan fingerprint density at radius 2 is 1.93 bits per heavy atom. The van der Waals surface area contributed by atoms with Crippen LogP contribution in [-0.4, -0.2) is 49.5 Å². The maximum atomic E-state index is 14.2. The first-order valence-electron chi connectivity index (χ1n) is 13.4. The van der Waals surface area contributed by atoms with Crippen molar-refractivity contribution >= 4 is 22.1 Å². The van der Waals surface area contributed by atoms with Crippen molar-refractivity contribution in [2.24, 2.45) is 0 Å². The molecule has 0 aliphatic heterocycles. The lowest BCUT2D eigenvalue weighted by Crippen LogP contribution is -2.52. The van der Waals surface area contributed by atoms with Crippen LogP contribution in [0.5, 0.6) is 5.75 Å². The number of rotatable bonds is 9. The summed E-state index contributed by atoms with van der Waals surface area (Å²) in [6, 6.07) is 7.37. The van der Waals surface area contributed by atoms with Gasteiger partial charge in [-0.05, 0) is 52.5 Å². The minimum Gasteiger partial charge on any atom is -0.496 e. The zero-order valence-electron chi connectivity index (χ0n) is 23.3. The van der Waals surface area contributed by atoms with E-state index in [1.165, 1.54) is 42.0 Å². The molecule has 0 saturated heterocycles. The summed E-state index contributed by atoms with van der Waals surface area (Å²) in [7, 11) is 1.56. The van der Waals surface area contributed by atoms with E-state index in [2.05, 4.69) is 4.98 Å². The van der Waals surface area contributed by atoms with E-state index in [0.29, 0.717) is 46.8 Å². The second-order valence-corrected chi connectivity index (χ2v) is 11.8. The number of aryl methyl sites for hydroxylation is 1. The van der Waals surface area contributed by atoms with Crippen molar-refractivity contribution in [3.63, 3.8) is 0 Å². The highest BCUT2D eigenvalue weighted by molar-refractivity contribution is 7.20. The van der Waals surface area contributed by atoms with Gasteiger partial charge in [0, 0.05) is 17.7 Å². The molecule has 4 aromatic rings. The Balaban J connectivity index is 1.74. The summed E-state index contributed by atoms with van der Waals surface area (Å²) in [6.45, 7) is 4.36. The minimum atomic E-state index is -1.83. The number of hydrogen-bond donors (Lipinski definition) is 2. The summed E-state index contributed by atoms with van der Waals surface area (Å²) in [4.78, 5) is 45.4. The number of ether oxygens (including phenoxy) is 2. The average Bonchev–Trinajstić information content (AvgIpc) is 3.59. The van der Waals surface area contributed by atoms with Gasteiger partial charge in [-0.3, -0.25) is 9.20 Å². The molecular formula is C29H33N3O8S. The molecule has 0 unspecified atom stereocenters. The molecule has 1 aliphatic carbocycles. The van der Waals surface area contributed by atoms with Crippen molar-refractivity contribution < 1.29 is 28.9 Å².